The van der Waals surface area contributed by atoms with Crippen LogP contribution in [0.2, 0.25) is 0 Å². The van der Waals surface area contributed by atoms with E-state index in [1.165, 1.54) is 6.08 Å². The lowest BCUT2D eigenvalue weighted by Gasteiger charge is -2.13. The highest BCUT2D eigenvalue weighted by Crippen LogP contribution is 2.19. The van der Waals surface area contributed by atoms with Crippen LogP contribution < -0.4 is 16.0 Å². The molecule has 3 rings (SSSR count). The maximum atomic E-state index is 12.8. The minimum Gasteiger partial charge on any atom is -0.332 e. The Labute approximate surface area is 193 Å². The molecule has 6 heteroatoms. The van der Waals surface area contributed by atoms with Crippen molar-refractivity contribution < 1.29 is 9.59 Å². The van der Waals surface area contributed by atoms with Gasteiger partial charge in [0.2, 0.25) is 5.91 Å². The highest BCUT2D eigenvalue weighted by molar-refractivity contribution is 7.80. The van der Waals surface area contributed by atoms with E-state index in [0.717, 1.165) is 22.3 Å². The lowest BCUT2D eigenvalue weighted by atomic mass is 10.1. The van der Waals surface area contributed by atoms with Gasteiger partial charge in [-0.1, -0.05) is 48.0 Å². The minimum absolute atomic E-state index is 0.106. The SMILES string of the molecule is Cc1ccc(C=CC(=O)NC(=S)Nc2ccccc2C(=O)Nc2ccc(C)c(C)c2)cc1. The van der Waals surface area contributed by atoms with Crippen molar-refractivity contribution in [1.29, 1.82) is 0 Å². The molecule has 3 aromatic carbocycles. The molecule has 0 saturated heterocycles. The molecule has 0 aliphatic heterocycles. The van der Waals surface area contributed by atoms with E-state index in [1.807, 2.05) is 63.2 Å². The molecule has 0 aromatic heterocycles. The summed E-state index contributed by atoms with van der Waals surface area (Å²) in [5.41, 5.74) is 5.94. The van der Waals surface area contributed by atoms with Crippen LogP contribution in [0.4, 0.5) is 11.4 Å². The standard InChI is InChI=1S/C26H25N3O2S/c1-17-8-11-20(12-9-17)13-15-24(30)29-26(32)28-23-7-5-4-6-22(23)25(31)27-21-14-10-18(2)19(3)16-21/h4-16H,1-3H3,(H,27,31)(H2,28,29,30,32). The molecular formula is C26H25N3O2S. The van der Waals surface area contributed by atoms with Gasteiger partial charge in [0.1, 0.15) is 0 Å². The molecule has 162 valence electrons. The van der Waals surface area contributed by atoms with Crippen LogP contribution >= 0.6 is 12.2 Å². The fraction of sp³-hybridized carbons (Fsp3) is 0.115. The topological polar surface area (TPSA) is 70.2 Å². The van der Waals surface area contributed by atoms with Crippen LogP contribution in [-0.4, -0.2) is 16.9 Å². The Bertz CT molecular complexity index is 1180. The first-order chi connectivity index (χ1) is 15.3. The van der Waals surface area contributed by atoms with E-state index in [2.05, 4.69) is 16.0 Å². The van der Waals surface area contributed by atoms with Crippen LogP contribution in [0.25, 0.3) is 6.08 Å². The Hall–Kier alpha value is -3.77. The van der Waals surface area contributed by atoms with Crippen molar-refractivity contribution in [3.8, 4) is 0 Å². The van der Waals surface area contributed by atoms with Crippen LogP contribution in [-0.2, 0) is 4.79 Å². The number of amides is 2. The van der Waals surface area contributed by atoms with Gasteiger partial charge in [0.15, 0.2) is 5.11 Å². The second-order valence-corrected chi connectivity index (χ2v) is 7.89. The molecule has 3 N–H and O–H groups in total. The van der Waals surface area contributed by atoms with Gasteiger partial charge in [-0.05, 0) is 80.0 Å². The van der Waals surface area contributed by atoms with Crippen molar-refractivity contribution in [2.24, 2.45) is 0 Å². The zero-order chi connectivity index (χ0) is 23.1. The van der Waals surface area contributed by atoms with Crippen molar-refractivity contribution in [3.63, 3.8) is 0 Å². The molecule has 32 heavy (non-hydrogen) atoms. The van der Waals surface area contributed by atoms with E-state index in [0.29, 0.717) is 16.9 Å². The predicted molar refractivity (Wildman–Crippen MR) is 135 cm³/mol. The van der Waals surface area contributed by atoms with Gasteiger partial charge in [0.05, 0.1) is 11.3 Å². The molecule has 0 atom stereocenters. The molecule has 0 fully saturated rings. The number of aryl methyl sites for hydroxylation is 3. The van der Waals surface area contributed by atoms with E-state index >= 15 is 0 Å². The molecule has 0 aliphatic carbocycles. The number of hydrogen-bond acceptors (Lipinski definition) is 3. The third-order valence-electron chi connectivity index (χ3n) is 4.93. The number of hydrogen-bond donors (Lipinski definition) is 3. The van der Waals surface area contributed by atoms with Gasteiger partial charge < -0.3 is 10.6 Å². The van der Waals surface area contributed by atoms with Crippen LogP contribution in [0, 0.1) is 20.8 Å². The number of anilines is 2. The summed E-state index contributed by atoms with van der Waals surface area (Å²) < 4.78 is 0. The molecular weight excluding hydrogens is 418 g/mol. The van der Waals surface area contributed by atoms with Crippen molar-refractivity contribution in [1.82, 2.24) is 5.32 Å². The molecule has 0 aliphatic rings. The number of para-hydroxylation sites is 1. The van der Waals surface area contributed by atoms with Gasteiger partial charge in [0.25, 0.3) is 5.91 Å². The van der Waals surface area contributed by atoms with Gasteiger partial charge >= 0.3 is 0 Å². The molecule has 0 radical (unpaired) electrons. The Balaban J connectivity index is 1.63. The predicted octanol–water partition coefficient (Wildman–Crippen LogP) is 5.39. The van der Waals surface area contributed by atoms with Crippen molar-refractivity contribution in [2.75, 3.05) is 10.6 Å². The van der Waals surface area contributed by atoms with E-state index in [-0.39, 0.29) is 16.9 Å². The maximum absolute atomic E-state index is 12.8. The highest BCUT2D eigenvalue weighted by atomic mass is 32.1. The van der Waals surface area contributed by atoms with Crippen LogP contribution in [0.15, 0.2) is 72.8 Å². The first-order valence-corrected chi connectivity index (χ1v) is 10.6. The van der Waals surface area contributed by atoms with Crippen molar-refractivity contribution >= 4 is 46.6 Å². The van der Waals surface area contributed by atoms with E-state index < -0.39 is 0 Å². The fourth-order valence-electron chi connectivity index (χ4n) is 2.96. The molecule has 0 heterocycles. The Morgan fingerprint density at radius 3 is 2.28 bits per heavy atom. The Morgan fingerprint density at radius 2 is 1.56 bits per heavy atom. The zero-order valence-electron chi connectivity index (χ0n) is 18.2. The monoisotopic (exact) mass is 443 g/mol. The van der Waals surface area contributed by atoms with Crippen LogP contribution in [0.3, 0.4) is 0 Å². The van der Waals surface area contributed by atoms with Crippen LogP contribution in [0.1, 0.15) is 32.6 Å². The second kappa shape index (κ2) is 10.5. The first-order valence-electron chi connectivity index (χ1n) is 10.2. The van der Waals surface area contributed by atoms with E-state index in [1.54, 1.807) is 30.3 Å². The van der Waals surface area contributed by atoms with Gasteiger partial charge in [-0.2, -0.15) is 0 Å². The summed E-state index contributed by atoms with van der Waals surface area (Å²) >= 11 is 5.26. The average molecular weight is 444 g/mol. The Morgan fingerprint density at radius 1 is 0.844 bits per heavy atom. The molecule has 0 unspecified atom stereocenters. The summed E-state index contributed by atoms with van der Waals surface area (Å²) in [5.74, 6) is -0.634. The average Bonchev–Trinajstić information content (AvgIpc) is 2.76. The molecule has 0 spiro atoms. The molecule has 5 nitrogen and oxygen atoms in total. The number of nitrogens with one attached hydrogen (secondary N) is 3. The third kappa shape index (κ3) is 6.36. The lowest BCUT2D eigenvalue weighted by molar-refractivity contribution is -0.115. The number of benzene rings is 3. The first kappa shape index (κ1) is 22.9. The van der Waals surface area contributed by atoms with E-state index in [4.69, 9.17) is 12.2 Å². The maximum Gasteiger partial charge on any atom is 0.257 e. The smallest absolute Gasteiger partial charge is 0.257 e. The van der Waals surface area contributed by atoms with Crippen molar-refractivity contribution in [2.45, 2.75) is 20.8 Å². The normalized spacial score (nSPS) is 10.6. The minimum atomic E-state index is -0.361. The summed E-state index contributed by atoms with van der Waals surface area (Å²) in [7, 11) is 0. The third-order valence-corrected chi connectivity index (χ3v) is 5.13. The highest BCUT2D eigenvalue weighted by Gasteiger charge is 2.13. The fourth-order valence-corrected chi connectivity index (χ4v) is 3.17. The van der Waals surface area contributed by atoms with Gasteiger partial charge in [0, 0.05) is 11.8 Å². The van der Waals surface area contributed by atoms with Gasteiger partial charge in [-0.15, -0.1) is 0 Å². The summed E-state index contributed by atoms with van der Waals surface area (Å²) in [6.07, 6.45) is 3.12. The number of carbonyl (C=O) groups is 2. The lowest BCUT2D eigenvalue weighted by Crippen LogP contribution is -2.33. The molecule has 3 aromatic rings. The summed E-state index contributed by atoms with van der Waals surface area (Å²) in [5, 5.41) is 8.55. The van der Waals surface area contributed by atoms with E-state index in [9.17, 15) is 9.59 Å². The number of rotatable bonds is 5. The zero-order valence-corrected chi connectivity index (χ0v) is 19.0. The number of carbonyl (C=O) groups excluding carboxylic acids is 2. The van der Waals surface area contributed by atoms with Crippen molar-refractivity contribution in [3.05, 3.63) is 101 Å². The summed E-state index contributed by atoms with van der Waals surface area (Å²) in [4.78, 5) is 25.0. The van der Waals surface area contributed by atoms with Gasteiger partial charge in [-0.3, -0.25) is 14.9 Å². The second-order valence-electron chi connectivity index (χ2n) is 7.49. The molecule has 0 saturated carbocycles. The summed E-state index contributed by atoms with van der Waals surface area (Å²) in [6.45, 7) is 6.02. The molecule has 0 bridgehead atoms. The summed E-state index contributed by atoms with van der Waals surface area (Å²) in [6, 6.07) is 20.5. The largest absolute Gasteiger partial charge is 0.332 e. The quantitative estimate of drug-likeness (QED) is 0.365. The molecule has 2 amide bonds. The Kier molecular flexibility index (Phi) is 7.52. The van der Waals surface area contributed by atoms with Crippen LogP contribution in [0.5, 0.6) is 0 Å². The number of thiocarbonyl (C=S) groups is 1. The van der Waals surface area contributed by atoms with Gasteiger partial charge in [-0.25, -0.2) is 0 Å².